The molecule has 0 spiro atoms. The van der Waals surface area contributed by atoms with E-state index in [-0.39, 0.29) is 12.5 Å². The van der Waals surface area contributed by atoms with Crippen LogP contribution in [0.4, 0.5) is 4.39 Å². The highest BCUT2D eigenvalue weighted by Gasteiger charge is 1.94. The molecule has 0 unspecified atom stereocenters. The highest BCUT2D eigenvalue weighted by Crippen LogP contribution is 2.00. The fourth-order valence-corrected chi connectivity index (χ4v) is 1.89. The normalized spacial score (nSPS) is 12.3. The Balaban J connectivity index is 3.49. The number of rotatable bonds is 14. The molecule has 0 saturated carbocycles. The van der Waals surface area contributed by atoms with Crippen molar-refractivity contribution in [1.29, 1.82) is 0 Å². The molecule has 0 saturated heterocycles. The molecule has 0 aliphatic carbocycles. The van der Waals surface area contributed by atoms with Crippen molar-refractivity contribution in [1.82, 2.24) is 5.32 Å². The first-order valence-corrected chi connectivity index (χ1v) is 8.73. The summed E-state index contributed by atoms with van der Waals surface area (Å²) in [5, 5.41) is 2.48. The zero-order chi connectivity index (χ0) is 17.0. The number of allylic oxidation sites excluding steroid dienone is 7. The molecule has 0 aliphatic rings. The number of unbranched alkanes of at least 4 members (excludes halogenated alkanes) is 3. The molecule has 0 rings (SSSR count). The van der Waals surface area contributed by atoms with E-state index in [1.54, 1.807) is 0 Å². The number of alkyl halides is 1. The van der Waals surface area contributed by atoms with E-state index in [4.69, 9.17) is 0 Å². The Morgan fingerprint density at radius 1 is 0.870 bits per heavy atom. The average Bonchev–Trinajstić information content (AvgIpc) is 2.56. The van der Waals surface area contributed by atoms with Crippen LogP contribution in [-0.2, 0) is 4.79 Å². The van der Waals surface area contributed by atoms with Crippen LogP contribution in [0.5, 0.6) is 0 Å². The molecule has 0 aromatic rings. The van der Waals surface area contributed by atoms with E-state index in [0.717, 1.165) is 19.3 Å². The van der Waals surface area contributed by atoms with E-state index in [9.17, 15) is 9.18 Å². The van der Waals surface area contributed by atoms with E-state index in [1.165, 1.54) is 25.7 Å². The van der Waals surface area contributed by atoms with Crippen LogP contribution in [0, 0.1) is 0 Å². The summed E-state index contributed by atoms with van der Waals surface area (Å²) < 4.78 is 11.8. The molecule has 0 radical (unpaired) electrons. The summed E-state index contributed by atoms with van der Waals surface area (Å²) in [7, 11) is 0. The maximum Gasteiger partial charge on any atom is 0.223 e. The maximum atomic E-state index is 11.8. The molecule has 0 bridgehead atoms. The van der Waals surface area contributed by atoms with Gasteiger partial charge >= 0.3 is 0 Å². The molecule has 0 atom stereocenters. The second-order valence-corrected chi connectivity index (χ2v) is 5.33. The zero-order valence-electron chi connectivity index (χ0n) is 14.5. The number of hydrogen-bond acceptors (Lipinski definition) is 1. The molecule has 0 heterocycles. The van der Waals surface area contributed by atoms with Crippen LogP contribution in [0.2, 0.25) is 0 Å². The number of carbonyl (C=O) groups excluding carboxylic acids is 1. The van der Waals surface area contributed by atoms with E-state index in [0.29, 0.717) is 6.42 Å². The Labute approximate surface area is 141 Å². The first kappa shape index (κ1) is 21.4. The first-order valence-electron chi connectivity index (χ1n) is 8.73. The van der Waals surface area contributed by atoms with Gasteiger partial charge in [-0.3, -0.25) is 4.79 Å². The monoisotopic (exact) mass is 321 g/mol. The van der Waals surface area contributed by atoms with E-state index in [1.807, 2.05) is 12.2 Å². The topological polar surface area (TPSA) is 29.1 Å². The summed E-state index contributed by atoms with van der Waals surface area (Å²) >= 11 is 0. The quantitative estimate of drug-likeness (QED) is 0.335. The van der Waals surface area contributed by atoms with Crippen LogP contribution in [0.15, 0.2) is 48.6 Å². The Bertz CT molecular complexity index is 383. The molecule has 23 heavy (non-hydrogen) atoms. The van der Waals surface area contributed by atoms with Crippen molar-refractivity contribution in [2.75, 3.05) is 13.2 Å². The summed E-state index contributed by atoms with van der Waals surface area (Å²) in [6.07, 6.45) is 25.0. The third kappa shape index (κ3) is 18.3. The lowest BCUT2D eigenvalue weighted by Gasteiger charge is -1.97. The van der Waals surface area contributed by atoms with Gasteiger partial charge in [-0.2, -0.15) is 0 Å². The standard InChI is InChI=1S/C20H32FNO/c1-2-3-4-5-6-7-8-9-10-11-12-13-14-15-16-17-20(23)22-19-18-21/h6-7,9-10,12-13,15-16H,2-5,8,11,14,17-19H2,1H3,(H,22,23)/b7-6-,10-9-,13-12-,16-15-. The molecule has 3 heteroatoms. The van der Waals surface area contributed by atoms with E-state index < -0.39 is 6.67 Å². The summed E-state index contributed by atoms with van der Waals surface area (Å²) in [5.41, 5.74) is 0. The minimum atomic E-state index is -0.514. The van der Waals surface area contributed by atoms with Crippen LogP contribution in [0.25, 0.3) is 0 Å². The van der Waals surface area contributed by atoms with Crippen molar-refractivity contribution >= 4 is 5.91 Å². The minimum Gasteiger partial charge on any atom is -0.353 e. The molecule has 0 aromatic heterocycles. The largest absolute Gasteiger partial charge is 0.353 e. The lowest BCUT2D eigenvalue weighted by atomic mass is 10.2. The number of halogens is 1. The third-order valence-electron chi connectivity index (χ3n) is 3.18. The number of hydrogen-bond donors (Lipinski definition) is 1. The maximum absolute atomic E-state index is 11.8. The molecule has 1 N–H and O–H groups in total. The van der Waals surface area contributed by atoms with Crippen LogP contribution < -0.4 is 5.32 Å². The number of carbonyl (C=O) groups is 1. The number of nitrogens with one attached hydrogen (secondary N) is 1. The Morgan fingerprint density at radius 3 is 2.00 bits per heavy atom. The molecular weight excluding hydrogens is 289 g/mol. The summed E-state index contributed by atoms with van der Waals surface area (Å²) in [6, 6.07) is 0. The number of amides is 1. The molecule has 2 nitrogen and oxygen atoms in total. The second-order valence-electron chi connectivity index (χ2n) is 5.33. The fourth-order valence-electron chi connectivity index (χ4n) is 1.89. The highest BCUT2D eigenvalue weighted by molar-refractivity contribution is 5.77. The minimum absolute atomic E-state index is 0.104. The van der Waals surface area contributed by atoms with Crippen molar-refractivity contribution < 1.29 is 9.18 Å². The molecule has 0 fully saturated rings. The van der Waals surface area contributed by atoms with Crippen LogP contribution in [0.3, 0.4) is 0 Å². The SMILES string of the molecule is CCCCC/C=C\C/C=C\C/C=C\C/C=C\CC(=O)NCCF. The fraction of sp³-hybridized carbons (Fsp3) is 0.550. The van der Waals surface area contributed by atoms with Crippen LogP contribution in [-0.4, -0.2) is 19.1 Å². The van der Waals surface area contributed by atoms with Gasteiger partial charge in [-0.05, 0) is 32.1 Å². The lowest BCUT2D eigenvalue weighted by Crippen LogP contribution is -2.24. The van der Waals surface area contributed by atoms with Gasteiger partial charge in [0.05, 0.1) is 0 Å². The predicted molar refractivity (Wildman–Crippen MR) is 98.2 cm³/mol. The third-order valence-corrected chi connectivity index (χ3v) is 3.18. The van der Waals surface area contributed by atoms with Crippen LogP contribution >= 0.6 is 0 Å². The van der Waals surface area contributed by atoms with Crippen LogP contribution in [0.1, 0.15) is 58.3 Å². The Morgan fingerprint density at radius 2 is 1.43 bits per heavy atom. The van der Waals surface area contributed by atoms with Gasteiger partial charge < -0.3 is 5.32 Å². The van der Waals surface area contributed by atoms with Crippen molar-refractivity contribution in [2.45, 2.75) is 58.3 Å². The lowest BCUT2D eigenvalue weighted by molar-refractivity contribution is -0.120. The highest BCUT2D eigenvalue weighted by atomic mass is 19.1. The van der Waals surface area contributed by atoms with Gasteiger partial charge in [0.25, 0.3) is 0 Å². The van der Waals surface area contributed by atoms with Gasteiger partial charge in [0.1, 0.15) is 6.67 Å². The van der Waals surface area contributed by atoms with E-state index >= 15 is 0 Å². The molecular formula is C20H32FNO. The molecule has 0 aliphatic heterocycles. The van der Waals surface area contributed by atoms with Gasteiger partial charge in [0.2, 0.25) is 5.91 Å². The smallest absolute Gasteiger partial charge is 0.223 e. The van der Waals surface area contributed by atoms with Gasteiger partial charge in [0, 0.05) is 13.0 Å². The van der Waals surface area contributed by atoms with Crippen molar-refractivity contribution in [2.24, 2.45) is 0 Å². The zero-order valence-corrected chi connectivity index (χ0v) is 14.5. The Hall–Kier alpha value is -1.64. The van der Waals surface area contributed by atoms with Gasteiger partial charge in [0.15, 0.2) is 0 Å². The van der Waals surface area contributed by atoms with E-state index in [2.05, 4.69) is 48.7 Å². The summed E-state index contributed by atoms with van der Waals surface area (Å²) in [6.45, 7) is 1.81. The Kier molecular flexibility index (Phi) is 17.1. The summed E-state index contributed by atoms with van der Waals surface area (Å²) in [5.74, 6) is -0.131. The molecule has 130 valence electrons. The van der Waals surface area contributed by atoms with Crippen molar-refractivity contribution in [3.8, 4) is 0 Å². The second kappa shape index (κ2) is 18.4. The van der Waals surface area contributed by atoms with Gasteiger partial charge in [-0.15, -0.1) is 0 Å². The van der Waals surface area contributed by atoms with Crippen molar-refractivity contribution in [3.05, 3.63) is 48.6 Å². The van der Waals surface area contributed by atoms with Gasteiger partial charge in [-0.25, -0.2) is 4.39 Å². The van der Waals surface area contributed by atoms with Crippen molar-refractivity contribution in [3.63, 3.8) is 0 Å². The first-order chi connectivity index (χ1) is 11.3. The summed E-state index contributed by atoms with van der Waals surface area (Å²) in [4.78, 5) is 11.2. The molecule has 0 aromatic carbocycles. The average molecular weight is 321 g/mol. The predicted octanol–water partition coefficient (Wildman–Crippen LogP) is 5.44. The molecule has 1 amide bonds. The van der Waals surface area contributed by atoms with Gasteiger partial charge in [-0.1, -0.05) is 68.4 Å².